The fraction of sp³-hybridized carbons (Fsp3) is 0.700. The number of hydrogen-bond acceptors (Lipinski definition) is 3. The van der Waals surface area contributed by atoms with Gasteiger partial charge in [0.1, 0.15) is 4.90 Å². The van der Waals surface area contributed by atoms with Crippen LogP contribution in [0.2, 0.25) is 0 Å². The third-order valence-electron chi connectivity index (χ3n) is 3.11. The summed E-state index contributed by atoms with van der Waals surface area (Å²) in [7, 11) is -3.37. The third kappa shape index (κ3) is 2.81. The summed E-state index contributed by atoms with van der Waals surface area (Å²) in [6.07, 6.45) is 5.60. The van der Waals surface area contributed by atoms with E-state index in [2.05, 4.69) is 10.2 Å². The van der Waals surface area contributed by atoms with E-state index in [4.69, 9.17) is 11.6 Å². The number of aromatic nitrogens is 2. The van der Waals surface area contributed by atoms with Gasteiger partial charge in [0.05, 0.1) is 6.20 Å². The SMILES string of the molecule is O=S(=O)(c1cn[nH]c1)N1CCCC(CCCl)C1. The van der Waals surface area contributed by atoms with Gasteiger partial charge in [-0.25, -0.2) is 8.42 Å². The largest absolute Gasteiger partial charge is 0.284 e. The van der Waals surface area contributed by atoms with Crippen molar-refractivity contribution in [1.82, 2.24) is 14.5 Å². The minimum atomic E-state index is -3.37. The van der Waals surface area contributed by atoms with Gasteiger partial charge in [0.25, 0.3) is 0 Å². The van der Waals surface area contributed by atoms with Crippen LogP contribution < -0.4 is 0 Å². The standard InChI is InChI=1S/C10H16ClN3O2S/c11-4-3-9-2-1-5-14(8-9)17(15,16)10-6-12-13-7-10/h6-7,9H,1-5,8H2,(H,12,13). The molecule has 1 aliphatic heterocycles. The van der Waals surface area contributed by atoms with E-state index in [9.17, 15) is 8.42 Å². The molecule has 7 heteroatoms. The molecule has 0 aromatic carbocycles. The molecule has 1 fully saturated rings. The van der Waals surface area contributed by atoms with E-state index in [0.29, 0.717) is 24.9 Å². The highest BCUT2D eigenvalue weighted by Crippen LogP contribution is 2.25. The van der Waals surface area contributed by atoms with Gasteiger partial charge < -0.3 is 0 Å². The number of piperidine rings is 1. The van der Waals surface area contributed by atoms with Crippen molar-refractivity contribution in [2.45, 2.75) is 24.2 Å². The Kier molecular flexibility index (Phi) is 4.06. The summed E-state index contributed by atoms with van der Waals surface area (Å²) in [5, 5.41) is 6.22. The van der Waals surface area contributed by atoms with Gasteiger partial charge in [0.2, 0.25) is 10.0 Å². The molecule has 5 nitrogen and oxygen atoms in total. The summed E-state index contributed by atoms with van der Waals surface area (Å²) in [5.41, 5.74) is 0. The average Bonchev–Trinajstić information content (AvgIpc) is 2.84. The Balaban J connectivity index is 2.12. The lowest BCUT2D eigenvalue weighted by Crippen LogP contribution is -2.39. The van der Waals surface area contributed by atoms with Gasteiger partial charge in [0, 0.05) is 25.2 Å². The Hall–Kier alpha value is -0.590. The number of nitrogens with zero attached hydrogens (tertiary/aromatic N) is 2. The third-order valence-corrected chi connectivity index (χ3v) is 5.16. The van der Waals surface area contributed by atoms with E-state index >= 15 is 0 Å². The molecule has 17 heavy (non-hydrogen) atoms. The lowest BCUT2D eigenvalue weighted by atomic mass is 9.97. The lowest BCUT2D eigenvalue weighted by Gasteiger charge is -2.31. The smallest absolute Gasteiger partial charge is 0.246 e. The summed E-state index contributed by atoms with van der Waals surface area (Å²) >= 11 is 5.71. The zero-order chi connectivity index (χ0) is 12.3. The Labute approximate surface area is 106 Å². The average molecular weight is 278 g/mol. The first kappa shape index (κ1) is 12.9. The number of sulfonamides is 1. The maximum atomic E-state index is 12.2. The molecule has 0 radical (unpaired) electrons. The molecule has 0 saturated carbocycles. The highest BCUT2D eigenvalue weighted by Gasteiger charge is 2.30. The van der Waals surface area contributed by atoms with Crippen LogP contribution in [0.15, 0.2) is 17.3 Å². The second kappa shape index (κ2) is 5.37. The lowest BCUT2D eigenvalue weighted by molar-refractivity contribution is 0.262. The molecule has 1 N–H and O–H groups in total. The second-order valence-corrected chi connectivity index (χ2v) is 6.60. The Morgan fingerprint density at radius 2 is 2.41 bits per heavy atom. The molecule has 1 aromatic rings. The molecular formula is C10H16ClN3O2S. The molecule has 2 rings (SSSR count). The molecule has 2 heterocycles. The van der Waals surface area contributed by atoms with E-state index in [1.807, 2.05) is 0 Å². The summed E-state index contributed by atoms with van der Waals surface area (Å²) in [6, 6.07) is 0. The topological polar surface area (TPSA) is 66.1 Å². The van der Waals surface area contributed by atoms with Gasteiger partial charge in [-0.15, -0.1) is 11.6 Å². The van der Waals surface area contributed by atoms with Crippen molar-refractivity contribution in [2.75, 3.05) is 19.0 Å². The van der Waals surface area contributed by atoms with Gasteiger partial charge in [0.15, 0.2) is 0 Å². The molecule has 0 aliphatic carbocycles. The van der Waals surface area contributed by atoms with Crippen molar-refractivity contribution in [3.63, 3.8) is 0 Å². The first-order chi connectivity index (χ1) is 8.14. The summed E-state index contributed by atoms with van der Waals surface area (Å²) in [5.74, 6) is 0.965. The Bertz CT molecular complexity index is 444. The molecule has 0 bridgehead atoms. The van der Waals surface area contributed by atoms with Crippen LogP contribution in [-0.4, -0.2) is 41.9 Å². The second-order valence-electron chi connectivity index (χ2n) is 4.28. The maximum absolute atomic E-state index is 12.2. The molecule has 0 spiro atoms. The van der Waals surface area contributed by atoms with Gasteiger partial charge in [-0.05, 0) is 25.2 Å². The Morgan fingerprint density at radius 1 is 1.59 bits per heavy atom. The predicted octanol–water partition coefficient (Wildman–Crippen LogP) is 1.44. The minimum absolute atomic E-state index is 0.240. The normalized spacial score (nSPS) is 22.8. The molecule has 1 aromatic heterocycles. The van der Waals surface area contributed by atoms with E-state index in [1.54, 1.807) is 4.31 Å². The van der Waals surface area contributed by atoms with Crippen molar-refractivity contribution in [2.24, 2.45) is 5.92 Å². The number of H-pyrrole nitrogens is 1. The molecule has 1 saturated heterocycles. The monoisotopic (exact) mass is 277 g/mol. The number of alkyl halides is 1. The van der Waals surface area contributed by atoms with E-state index < -0.39 is 10.0 Å². The molecule has 0 amide bonds. The fourth-order valence-electron chi connectivity index (χ4n) is 2.16. The summed E-state index contributed by atoms with van der Waals surface area (Å²) in [4.78, 5) is 0.240. The van der Waals surface area contributed by atoms with Crippen LogP contribution in [0, 0.1) is 5.92 Å². The quantitative estimate of drug-likeness (QED) is 0.847. The number of halogens is 1. The van der Waals surface area contributed by atoms with Crippen LogP contribution in [0.3, 0.4) is 0 Å². The molecule has 96 valence electrons. The molecular weight excluding hydrogens is 262 g/mol. The Morgan fingerprint density at radius 3 is 3.06 bits per heavy atom. The van der Waals surface area contributed by atoms with Crippen LogP contribution in [0.5, 0.6) is 0 Å². The van der Waals surface area contributed by atoms with Crippen LogP contribution in [-0.2, 0) is 10.0 Å². The van der Waals surface area contributed by atoms with E-state index in [-0.39, 0.29) is 4.90 Å². The van der Waals surface area contributed by atoms with Crippen molar-refractivity contribution in [3.8, 4) is 0 Å². The number of hydrogen-bond donors (Lipinski definition) is 1. The highest BCUT2D eigenvalue weighted by atomic mass is 35.5. The van der Waals surface area contributed by atoms with Crippen molar-refractivity contribution in [3.05, 3.63) is 12.4 Å². The zero-order valence-electron chi connectivity index (χ0n) is 9.47. The fourth-order valence-corrected chi connectivity index (χ4v) is 3.94. The number of nitrogens with one attached hydrogen (secondary N) is 1. The molecule has 1 atom stereocenters. The number of rotatable bonds is 4. The predicted molar refractivity (Wildman–Crippen MR) is 65.4 cm³/mol. The van der Waals surface area contributed by atoms with Crippen LogP contribution >= 0.6 is 11.6 Å². The van der Waals surface area contributed by atoms with Crippen molar-refractivity contribution < 1.29 is 8.42 Å². The zero-order valence-corrected chi connectivity index (χ0v) is 11.0. The molecule has 1 unspecified atom stereocenters. The number of aromatic amines is 1. The van der Waals surface area contributed by atoms with E-state index in [1.165, 1.54) is 12.4 Å². The first-order valence-electron chi connectivity index (χ1n) is 5.69. The summed E-state index contributed by atoms with van der Waals surface area (Å²) < 4.78 is 26.0. The first-order valence-corrected chi connectivity index (χ1v) is 7.67. The highest BCUT2D eigenvalue weighted by molar-refractivity contribution is 7.89. The minimum Gasteiger partial charge on any atom is -0.284 e. The van der Waals surface area contributed by atoms with Crippen molar-refractivity contribution >= 4 is 21.6 Å². The van der Waals surface area contributed by atoms with Gasteiger partial charge in [-0.3, -0.25) is 5.10 Å². The van der Waals surface area contributed by atoms with Crippen molar-refractivity contribution in [1.29, 1.82) is 0 Å². The van der Waals surface area contributed by atoms with Gasteiger partial charge >= 0.3 is 0 Å². The summed E-state index contributed by atoms with van der Waals surface area (Å²) in [6.45, 7) is 1.16. The molecule has 1 aliphatic rings. The van der Waals surface area contributed by atoms with Gasteiger partial charge in [-0.1, -0.05) is 0 Å². The van der Waals surface area contributed by atoms with E-state index in [0.717, 1.165) is 19.3 Å². The van der Waals surface area contributed by atoms with Gasteiger partial charge in [-0.2, -0.15) is 9.40 Å². The van der Waals surface area contributed by atoms with Crippen LogP contribution in [0.25, 0.3) is 0 Å². The maximum Gasteiger partial charge on any atom is 0.246 e. The van der Waals surface area contributed by atoms with Crippen LogP contribution in [0.1, 0.15) is 19.3 Å². The van der Waals surface area contributed by atoms with Crippen LogP contribution in [0.4, 0.5) is 0 Å².